The summed E-state index contributed by atoms with van der Waals surface area (Å²) in [6.45, 7) is 5.00. The molecule has 3 heteroatoms. The summed E-state index contributed by atoms with van der Waals surface area (Å²) in [5.41, 5.74) is 9.09. The summed E-state index contributed by atoms with van der Waals surface area (Å²) in [4.78, 5) is 4.27. The Balaban J connectivity index is 2.02. The Kier molecular flexibility index (Phi) is 3.82. The molecule has 0 spiro atoms. The van der Waals surface area contributed by atoms with Crippen LogP contribution >= 0.6 is 0 Å². The number of nitrogens with one attached hydrogen (secondary N) is 1. The van der Waals surface area contributed by atoms with Gasteiger partial charge in [-0.3, -0.25) is 0 Å². The summed E-state index contributed by atoms with van der Waals surface area (Å²) >= 11 is 0. The van der Waals surface area contributed by atoms with Crippen LogP contribution < -0.4 is 11.1 Å². The fraction of sp³-hybridized carbons (Fsp3) is 0.267. The standard InChI is InChI=1S/C15H19N3/c1-11-8-9-17-15(14(11)16)18-10-12(2)13-6-4-3-5-7-13/h3-9,12H,10,16H2,1-2H3,(H,17,18). The van der Waals surface area contributed by atoms with Gasteiger partial charge in [-0.2, -0.15) is 0 Å². The van der Waals surface area contributed by atoms with Crippen molar-refractivity contribution in [2.24, 2.45) is 0 Å². The molecule has 0 saturated heterocycles. The van der Waals surface area contributed by atoms with Crippen molar-refractivity contribution in [2.75, 3.05) is 17.6 Å². The summed E-state index contributed by atoms with van der Waals surface area (Å²) in [5, 5.41) is 3.32. The zero-order chi connectivity index (χ0) is 13.0. The third kappa shape index (κ3) is 2.80. The minimum absolute atomic E-state index is 0.424. The molecule has 0 saturated carbocycles. The van der Waals surface area contributed by atoms with E-state index < -0.39 is 0 Å². The van der Waals surface area contributed by atoms with Crippen LogP contribution in [-0.2, 0) is 0 Å². The SMILES string of the molecule is Cc1ccnc(NCC(C)c2ccccc2)c1N. The number of hydrogen-bond acceptors (Lipinski definition) is 3. The number of anilines is 2. The summed E-state index contributed by atoms with van der Waals surface area (Å²) in [6, 6.07) is 12.3. The van der Waals surface area contributed by atoms with Crippen LogP contribution in [0, 0.1) is 6.92 Å². The second kappa shape index (κ2) is 5.54. The van der Waals surface area contributed by atoms with Gasteiger partial charge in [0.2, 0.25) is 0 Å². The second-order valence-electron chi connectivity index (χ2n) is 4.58. The molecule has 1 unspecified atom stereocenters. The van der Waals surface area contributed by atoms with Crippen molar-refractivity contribution in [1.29, 1.82) is 0 Å². The van der Waals surface area contributed by atoms with Crippen molar-refractivity contribution >= 4 is 11.5 Å². The van der Waals surface area contributed by atoms with Gasteiger partial charge in [-0.15, -0.1) is 0 Å². The van der Waals surface area contributed by atoms with Crippen molar-refractivity contribution in [3.05, 3.63) is 53.7 Å². The Labute approximate surface area is 108 Å². The number of pyridine rings is 1. The van der Waals surface area contributed by atoms with E-state index in [2.05, 4.69) is 41.5 Å². The maximum Gasteiger partial charge on any atom is 0.149 e. The van der Waals surface area contributed by atoms with E-state index in [0.29, 0.717) is 5.92 Å². The summed E-state index contributed by atoms with van der Waals surface area (Å²) in [5.74, 6) is 1.20. The van der Waals surface area contributed by atoms with Crippen LogP contribution in [-0.4, -0.2) is 11.5 Å². The van der Waals surface area contributed by atoms with Crippen LogP contribution in [0.1, 0.15) is 24.0 Å². The minimum atomic E-state index is 0.424. The van der Waals surface area contributed by atoms with Crippen LogP contribution in [0.25, 0.3) is 0 Å². The third-order valence-electron chi connectivity index (χ3n) is 3.15. The first-order chi connectivity index (χ1) is 8.68. The Hall–Kier alpha value is -2.03. The molecule has 1 atom stereocenters. The third-order valence-corrected chi connectivity index (χ3v) is 3.15. The summed E-state index contributed by atoms with van der Waals surface area (Å²) in [7, 11) is 0. The Bertz CT molecular complexity index is 508. The van der Waals surface area contributed by atoms with Gasteiger partial charge in [0.15, 0.2) is 0 Å². The zero-order valence-corrected chi connectivity index (χ0v) is 10.9. The normalized spacial score (nSPS) is 12.1. The van der Waals surface area contributed by atoms with Gasteiger partial charge < -0.3 is 11.1 Å². The molecule has 0 aliphatic carbocycles. The quantitative estimate of drug-likeness (QED) is 0.864. The smallest absolute Gasteiger partial charge is 0.149 e. The van der Waals surface area contributed by atoms with Gasteiger partial charge in [-0.25, -0.2) is 4.98 Å². The Morgan fingerprint density at radius 2 is 1.94 bits per heavy atom. The van der Waals surface area contributed by atoms with Gasteiger partial charge in [0, 0.05) is 12.7 Å². The lowest BCUT2D eigenvalue weighted by molar-refractivity contribution is 0.802. The lowest BCUT2D eigenvalue weighted by atomic mass is 10.0. The molecule has 0 aliphatic rings. The molecule has 1 heterocycles. The monoisotopic (exact) mass is 241 g/mol. The molecule has 2 aromatic rings. The lowest BCUT2D eigenvalue weighted by Crippen LogP contribution is -2.12. The van der Waals surface area contributed by atoms with Crippen molar-refractivity contribution in [2.45, 2.75) is 19.8 Å². The molecule has 0 radical (unpaired) electrons. The molecule has 3 N–H and O–H groups in total. The lowest BCUT2D eigenvalue weighted by Gasteiger charge is -2.15. The van der Waals surface area contributed by atoms with Gasteiger partial charge in [0.05, 0.1) is 5.69 Å². The number of rotatable bonds is 4. The van der Waals surface area contributed by atoms with Crippen LogP contribution in [0.4, 0.5) is 11.5 Å². The molecular weight excluding hydrogens is 222 g/mol. The topological polar surface area (TPSA) is 50.9 Å². The van der Waals surface area contributed by atoms with Crippen LogP contribution in [0.3, 0.4) is 0 Å². The average Bonchev–Trinajstić information content (AvgIpc) is 2.41. The molecule has 2 rings (SSSR count). The molecule has 0 amide bonds. The number of nitrogens with zero attached hydrogens (tertiary/aromatic N) is 1. The fourth-order valence-corrected chi connectivity index (χ4v) is 1.86. The molecule has 0 bridgehead atoms. The van der Waals surface area contributed by atoms with Crippen molar-refractivity contribution < 1.29 is 0 Å². The van der Waals surface area contributed by atoms with E-state index in [1.54, 1.807) is 6.20 Å². The minimum Gasteiger partial charge on any atom is -0.396 e. The predicted octanol–water partition coefficient (Wildman–Crippen LogP) is 3.19. The first-order valence-electron chi connectivity index (χ1n) is 6.18. The van der Waals surface area contributed by atoms with Gasteiger partial charge in [0.25, 0.3) is 0 Å². The maximum absolute atomic E-state index is 5.98. The predicted molar refractivity (Wildman–Crippen MR) is 76.7 cm³/mol. The number of nitrogen functional groups attached to an aromatic ring is 1. The summed E-state index contributed by atoms with van der Waals surface area (Å²) in [6.07, 6.45) is 1.78. The number of aromatic nitrogens is 1. The molecule has 0 fully saturated rings. The van der Waals surface area contributed by atoms with Gasteiger partial charge in [0.1, 0.15) is 5.82 Å². The average molecular weight is 241 g/mol. The van der Waals surface area contributed by atoms with Crippen molar-refractivity contribution in [3.63, 3.8) is 0 Å². The van der Waals surface area contributed by atoms with Crippen molar-refractivity contribution in [3.8, 4) is 0 Å². The zero-order valence-electron chi connectivity index (χ0n) is 10.9. The molecule has 3 nitrogen and oxygen atoms in total. The highest BCUT2D eigenvalue weighted by molar-refractivity contribution is 5.64. The molecule has 18 heavy (non-hydrogen) atoms. The van der Waals surface area contributed by atoms with E-state index in [1.165, 1.54) is 5.56 Å². The number of hydrogen-bond donors (Lipinski definition) is 2. The van der Waals surface area contributed by atoms with E-state index in [0.717, 1.165) is 23.6 Å². The Morgan fingerprint density at radius 1 is 1.22 bits per heavy atom. The van der Waals surface area contributed by atoms with Crippen LogP contribution in [0.2, 0.25) is 0 Å². The number of aryl methyl sites for hydroxylation is 1. The highest BCUT2D eigenvalue weighted by atomic mass is 15.0. The Morgan fingerprint density at radius 3 is 2.67 bits per heavy atom. The van der Waals surface area contributed by atoms with E-state index >= 15 is 0 Å². The first kappa shape index (κ1) is 12.4. The highest BCUT2D eigenvalue weighted by Crippen LogP contribution is 2.21. The maximum atomic E-state index is 5.98. The largest absolute Gasteiger partial charge is 0.396 e. The summed E-state index contributed by atoms with van der Waals surface area (Å²) < 4.78 is 0. The second-order valence-corrected chi connectivity index (χ2v) is 4.58. The number of nitrogens with two attached hydrogens (primary N) is 1. The van der Waals surface area contributed by atoms with Gasteiger partial charge in [-0.05, 0) is 30.0 Å². The van der Waals surface area contributed by atoms with Crippen molar-refractivity contribution in [1.82, 2.24) is 4.98 Å². The van der Waals surface area contributed by atoms with Gasteiger partial charge >= 0.3 is 0 Å². The molecule has 0 aliphatic heterocycles. The molecule has 94 valence electrons. The van der Waals surface area contributed by atoms with Crippen LogP contribution in [0.15, 0.2) is 42.6 Å². The van der Waals surface area contributed by atoms with E-state index in [1.807, 2.05) is 19.1 Å². The molecule has 1 aromatic carbocycles. The fourth-order valence-electron chi connectivity index (χ4n) is 1.86. The van der Waals surface area contributed by atoms with Crippen LogP contribution in [0.5, 0.6) is 0 Å². The van der Waals surface area contributed by atoms with E-state index in [-0.39, 0.29) is 0 Å². The highest BCUT2D eigenvalue weighted by Gasteiger charge is 2.07. The van der Waals surface area contributed by atoms with E-state index in [9.17, 15) is 0 Å². The first-order valence-corrected chi connectivity index (χ1v) is 6.18. The molecule has 1 aromatic heterocycles. The molecular formula is C15H19N3. The van der Waals surface area contributed by atoms with Gasteiger partial charge in [-0.1, -0.05) is 37.3 Å². The number of benzene rings is 1. The van der Waals surface area contributed by atoms with E-state index in [4.69, 9.17) is 5.73 Å².